The molecule has 0 radical (unpaired) electrons. The minimum atomic E-state index is -0.391. The summed E-state index contributed by atoms with van der Waals surface area (Å²) in [7, 11) is 1.49. The fraction of sp³-hybridized carbons (Fsp3) is 0.111. The van der Waals surface area contributed by atoms with E-state index in [2.05, 4.69) is 20.4 Å². The Labute approximate surface area is 84.9 Å². The molecule has 5 nitrogen and oxygen atoms in total. The Bertz CT molecular complexity index is 463. The summed E-state index contributed by atoms with van der Waals surface area (Å²) < 4.78 is 18.1. The highest BCUT2D eigenvalue weighted by Crippen LogP contribution is 2.26. The van der Waals surface area contributed by atoms with Crippen LogP contribution in [0.3, 0.4) is 0 Å². The SMILES string of the molecule is COc1ccc([18F])cc1-c1nncnn1. The molecule has 1 aromatic carbocycles. The summed E-state index contributed by atoms with van der Waals surface area (Å²) in [5, 5.41) is 14.6. The Kier molecular flexibility index (Phi) is 2.49. The number of hydrogen-bond donors (Lipinski definition) is 0. The summed E-state index contributed by atoms with van der Waals surface area (Å²) in [6.07, 6.45) is 1.20. The summed E-state index contributed by atoms with van der Waals surface area (Å²) >= 11 is 0. The topological polar surface area (TPSA) is 60.8 Å². The first-order chi connectivity index (χ1) is 7.31. The highest BCUT2D eigenvalue weighted by Gasteiger charge is 2.10. The molecule has 76 valence electrons. The zero-order valence-corrected chi connectivity index (χ0v) is 7.88. The fourth-order valence-corrected chi connectivity index (χ4v) is 1.17. The average molecular weight is 205 g/mol. The van der Waals surface area contributed by atoms with Gasteiger partial charge in [0.1, 0.15) is 11.6 Å². The van der Waals surface area contributed by atoms with Crippen LogP contribution < -0.4 is 4.74 Å². The number of ether oxygens (including phenoxy) is 1. The minimum absolute atomic E-state index is 0.230. The number of benzene rings is 1. The first-order valence-electron chi connectivity index (χ1n) is 4.15. The van der Waals surface area contributed by atoms with E-state index in [1.807, 2.05) is 0 Å². The molecular weight excluding hydrogens is 198 g/mol. The Morgan fingerprint density at radius 1 is 1.20 bits per heavy atom. The van der Waals surface area contributed by atoms with Crippen molar-refractivity contribution in [3.8, 4) is 17.1 Å². The van der Waals surface area contributed by atoms with E-state index in [1.54, 1.807) is 0 Å². The van der Waals surface area contributed by atoms with Gasteiger partial charge in [0.05, 0.1) is 12.7 Å². The van der Waals surface area contributed by atoms with E-state index in [1.165, 1.54) is 31.6 Å². The number of halogens is 1. The molecule has 0 aliphatic heterocycles. The van der Waals surface area contributed by atoms with E-state index in [4.69, 9.17) is 4.74 Å². The van der Waals surface area contributed by atoms with Gasteiger partial charge in [-0.2, -0.15) is 0 Å². The van der Waals surface area contributed by atoms with Crippen LogP contribution in [0.15, 0.2) is 24.5 Å². The van der Waals surface area contributed by atoms with E-state index < -0.39 is 5.82 Å². The first kappa shape index (κ1) is 9.45. The Balaban J connectivity index is 2.56. The lowest BCUT2D eigenvalue weighted by Gasteiger charge is -2.05. The highest BCUT2D eigenvalue weighted by atomic mass is 18.2. The standard InChI is InChI=1S/C9H7FN4O/c1-15-8-3-2-6(10)4-7(8)9-13-11-5-12-14-9/h2-5H,1H3/i10-1. The van der Waals surface area contributed by atoms with Crippen LogP contribution >= 0.6 is 0 Å². The predicted molar refractivity (Wildman–Crippen MR) is 49.6 cm³/mol. The molecule has 0 atom stereocenters. The van der Waals surface area contributed by atoms with Crippen LogP contribution in [0.25, 0.3) is 11.4 Å². The van der Waals surface area contributed by atoms with E-state index in [0.29, 0.717) is 11.3 Å². The Morgan fingerprint density at radius 3 is 2.60 bits per heavy atom. The van der Waals surface area contributed by atoms with Gasteiger partial charge in [-0.25, -0.2) is 4.39 Å². The molecule has 0 N–H and O–H groups in total. The minimum Gasteiger partial charge on any atom is -0.496 e. The summed E-state index contributed by atoms with van der Waals surface area (Å²) in [6.45, 7) is 0. The van der Waals surface area contributed by atoms with Crippen molar-refractivity contribution < 1.29 is 9.13 Å². The van der Waals surface area contributed by atoms with Gasteiger partial charge in [0.15, 0.2) is 6.33 Å². The van der Waals surface area contributed by atoms with Gasteiger partial charge in [0.25, 0.3) is 0 Å². The van der Waals surface area contributed by atoms with Gasteiger partial charge >= 0.3 is 0 Å². The van der Waals surface area contributed by atoms with Gasteiger partial charge in [0.2, 0.25) is 5.82 Å². The van der Waals surface area contributed by atoms with Gasteiger partial charge in [-0.3, -0.25) is 0 Å². The molecule has 0 unspecified atom stereocenters. The van der Waals surface area contributed by atoms with Crippen molar-refractivity contribution in [2.75, 3.05) is 7.11 Å². The molecule has 0 saturated heterocycles. The molecule has 0 bridgehead atoms. The zero-order chi connectivity index (χ0) is 10.7. The number of methoxy groups -OCH3 is 1. The van der Waals surface area contributed by atoms with Crippen LogP contribution in [0.1, 0.15) is 0 Å². The number of nitrogens with zero attached hydrogens (tertiary/aromatic N) is 4. The predicted octanol–water partition coefficient (Wildman–Crippen LogP) is 1.08. The monoisotopic (exact) mass is 205 g/mol. The summed E-state index contributed by atoms with van der Waals surface area (Å²) in [5.41, 5.74) is 0.429. The van der Waals surface area contributed by atoms with Crippen molar-refractivity contribution in [1.82, 2.24) is 20.4 Å². The van der Waals surface area contributed by atoms with Crippen molar-refractivity contribution in [3.05, 3.63) is 30.3 Å². The van der Waals surface area contributed by atoms with E-state index >= 15 is 0 Å². The molecular formula is C9H7FN4O. The molecule has 0 fully saturated rings. The maximum Gasteiger partial charge on any atom is 0.207 e. The lowest BCUT2D eigenvalue weighted by atomic mass is 10.2. The molecule has 15 heavy (non-hydrogen) atoms. The molecule has 0 spiro atoms. The van der Waals surface area contributed by atoms with Gasteiger partial charge in [-0.1, -0.05) is 0 Å². The second kappa shape index (κ2) is 3.95. The third-order valence-electron chi connectivity index (χ3n) is 1.81. The smallest absolute Gasteiger partial charge is 0.207 e. The van der Waals surface area contributed by atoms with E-state index in [-0.39, 0.29) is 5.82 Å². The summed E-state index contributed by atoms with van der Waals surface area (Å²) in [4.78, 5) is 0. The van der Waals surface area contributed by atoms with Gasteiger partial charge in [0, 0.05) is 0 Å². The third-order valence-corrected chi connectivity index (χ3v) is 1.81. The molecule has 0 saturated carbocycles. The van der Waals surface area contributed by atoms with Gasteiger partial charge in [-0.15, -0.1) is 20.4 Å². The maximum absolute atomic E-state index is 13.0. The van der Waals surface area contributed by atoms with E-state index in [0.717, 1.165) is 0 Å². The van der Waals surface area contributed by atoms with Crippen LogP contribution in [-0.4, -0.2) is 27.5 Å². The number of aromatic nitrogens is 4. The molecule has 0 amide bonds. The number of rotatable bonds is 2. The summed E-state index contributed by atoms with van der Waals surface area (Å²) in [6, 6.07) is 4.07. The largest absolute Gasteiger partial charge is 0.496 e. The van der Waals surface area contributed by atoms with Crippen LogP contribution in [-0.2, 0) is 0 Å². The molecule has 1 heterocycles. The average Bonchev–Trinajstić information content (AvgIpc) is 2.30. The van der Waals surface area contributed by atoms with Crippen LogP contribution in [0.5, 0.6) is 5.75 Å². The Morgan fingerprint density at radius 2 is 1.93 bits per heavy atom. The fourth-order valence-electron chi connectivity index (χ4n) is 1.17. The second-order valence-corrected chi connectivity index (χ2v) is 2.71. The zero-order valence-electron chi connectivity index (χ0n) is 7.88. The maximum atomic E-state index is 13.0. The van der Waals surface area contributed by atoms with Crippen molar-refractivity contribution in [2.24, 2.45) is 0 Å². The molecule has 2 aromatic rings. The van der Waals surface area contributed by atoms with Crippen molar-refractivity contribution in [1.29, 1.82) is 0 Å². The quantitative estimate of drug-likeness (QED) is 0.734. The van der Waals surface area contributed by atoms with Gasteiger partial charge in [-0.05, 0) is 18.2 Å². The van der Waals surface area contributed by atoms with Crippen LogP contribution in [0, 0.1) is 5.82 Å². The molecule has 0 aliphatic carbocycles. The Hall–Kier alpha value is -2.11. The molecule has 0 aliphatic rings. The van der Waals surface area contributed by atoms with Crippen molar-refractivity contribution in [3.63, 3.8) is 0 Å². The lowest BCUT2D eigenvalue weighted by molar-refractivity contribution is 0.415. The van der Waals surface area contributed by atoms with E-state index in [9.17, 15) is 4.39 Å². The summed E-state index contributed by atoms with van der Waals surface area (Å²) in [5.74, 6) is 0.318. The lowest BCUT2D eigenvalue weighted by Crippen LogP contribution is -1.97. The number of hydrogen-bond acceptors (Lipinski definition) is 5. The normalized spacial score (nSPS) is 10.0. The molecule has 6 heteroatoms. The molecule has 2 rings (SSSR count). The van der Waals surface area contributed by atoms with Gasteiger partial charge < -0.3 is 4.74 Å². The second-order valence-electron chi connectivity index (χ2n) is 2.71. The first-order valence-corrected chi connectivity index (χ1v) is 4.15. The van der Waals surface area contributed by atoms with Crippen LogP contribution in [0.4, 0.5) is 4.39 Å². The highest BCUT2D eigenvalue weighted by molar-refractivity contribution is 5.63. The van der Waals surface area contributed by atoms with Crippen molar-refractivity contribution in [2.45, 2.75) is 0 Å². The van der Waals surface area contributed by atoms with Crippen molar-refractivity contribution >= 4 is 0 Å². The molecule has 1 aromatic heterocycles. The third kappa shape index (κ3) is 1.88. The van der Waals surface area contributed by atoms with Crippen LogP contribution in [0.2, 0.25) is 0 Å².